The van der Waals surface area contributed by atoms with E-state index in [2.05, 4.69) is 50.2 Å². The molecule has 3 aromatic heterocycles. The van der Waals surface area contributed by atoms with Crippen LogP contribution in [0.3, 0.4) is 0 Å². The van der Waals surface area contributed by atoms with Gasteiger partial charge in [-0.25, -0.2) is 14.8 Å². The van der Waals surface area contributed by atoms with Crippen molar-refractivity contribution in [3.63, 3.8) is 0 Å². The molecule has 1 amide bonds. The number of carbonyl (C=O) groups excluding carboxylic acids is 1. The summed E-state index contributed by atoms with van der Waals surface area (Å²) in [7, 11) is -1.17. The Hall–Kier alpha value is -3.81. The van der Waals surface area contributed by atoms with Crippen molar-refractivity contribution < 1.29 is 19.0 Å². The van der Waals surface area contributed by atoms with Gasteiger partial charge in [0.15, 0.2) is 0 Å². The molecule has 0 aliphatic carbocycles. The van der Waals surface area contributed by atoms with Gasteiger partial charge in [-0.3, -0.25) is 9.67 Å². The fraction of sp³-hybridized carbons (Fsp3) is 0.472. The van der Waals surface area contributed by atoms with Crippen molar-refractivity contribution in [3.05, 3.63) is 59.2 Å². The number of benzene rings is 2. The Morgan fingerprint density at radius 1 is 1.04 bits per heavy atom. The topological polar surface area (TPSA) is 109 Å². The number of likely N-dealkylation sites (tertiary alicyclic amines) is 1. The molecule has 2 aromatic carbocycles. The number of hydrogen-bond acceptors (Lipinski definition) is 8. The van der Waals surface area contributed by atoms with Gasteiger partial charge in [0, 0.05) is 52.1 Å². The van der Waals surface area contributed by atoms with Gasteiger partial charge in [0.05, 0.1) is 39.1 Å². The average molecular weight is 749 g/mol. The number of imidazole rings is 1. The quantitative estimate of drug-likeness (QED) is 0.103. The van der Waals surface area contributed by atoms with Crippen LogP contribution in [0.4, 0.5) is 4.79 Å². The first kappa shape index (κ1) is 35.0. The molecule has 0 saturated carbocycles. The minimum atomic E-state index is -1.17. The van der Waals surface area contributed by atoms with Crippen LogP contribution < -0.4 is 4.74 Å². The fourth-order valence-electron chi connectivity index (χ4n) is 5.84. The summed E-state index contributed by atoms with van der Waals surface area (Å²) >= 11 is 3.75. The van der Waals surface area contributed by atoms with Crippen molar-refractivity contribution in [1.82, 2.24) is 34.2 Å². The molecule has 1 aliphatic rings. The summed E-state index contributed by atoms with van der Waals surface area (Å²) in [5.74, 6) is 2.66. The Morgan fingerprint density at radius 2 is 1.80 bits per heavy atom. The molecule has 0 bridgehead atoms. The smallest absolute Gasteiger partial charge is 0.410 e. The molecule has 6 rings (SSSR count). The van der Waals surface area contributed by atoms with E-state index in [0.717, 1.165) is 70.1 Å². The highest BCUT2D eigenvalue weighted by atomic mass is 79.9. The summed E-state index contributed by atoms with van der Waals surface area (Å²) in [4.78, 5) is 28.6. The number of nitrogens with zero attached hydrogens (tertiary/aromatic N) is 7. The standard InChI is InChI=1S/C36H46BrN7O4Si/c1-24-40-28-9-8-27(18-31(28)44(24)23-46-16-17-49(5,6)7)47-32-11-10-29-34(33(32)37)41-30(20-38-29)26-19-39-43(22-26)21-25-12-14-42(15-13-25)35(45)48-36(2,3)4/h8-11,18-20,22,25H,12-17,21,23H2,1-7H3. The predicted octanol–water partition coefficient (Wildman–Crippen LogP) is 8.67. The number of aromatic nitrogens is 6. The second kappa shape index (κ2) is 14.2. The predicted molar refractivity (Wildman–Crippen MR) is 198 cm³/mol. The molecule has 1 fully saturated rings. The number of carbonyl (C=O) groups is 1. The summed E-state index contributed by atoms with van der Waals surface area (Å²) in [6.45, 7) is 18.1. The van der Waals surface area contributed by atoms with Crippen LogP contribution in [0.25, 0.3) is 33.3 Å². The third kappa shape index (κ3) is 8.68. The molecule has 5 aromatic rings. The number of aryl methyl sites for hydroxylation is 1. The fourth-order valence-corrected chi connectivity index (χ4v) is 7.10. The molecule has 0 radical (unpaired) electrons. The SMILES string of the molecule is Cc1nc2ccc(Oc3ccc4ncc(-c5cnn(CC6CCN(C(=O)OC(C)(C)C)CC6)c5)nc4c3Br)cc2n1COCC[Si](C)(C)C. The van der Waals surface area contributed by atoms with Crippen LogP contribution in [0.5, 0.6) is 11.5 Å². The molecular formula is C36H46BrN7O4Si. The zero-order chi connectivity index (χ0) is 34.9. The van der Waals surface area contributed by atoms with Crippen molar-refractivity contribution in [2.24, 2.45) is 5.92 Å². The maximum atomic E-state index is 12.4. The second-order valence-corrected chi connectivity index (χ2v) is 21.5. The molecule has 0 unspecified atom stereocenters. The molecule has 11 nitrogen and oxygen atoms in total. The summed E-state index contributed by atoms with van der Waals surface area (Å²) in [5, 5.41) is 4.63. The number of amides is 1. The molecule has 0 atom stereocenters. The lowest BCUT2D eigenvalue weighted by Crippen LogP contribution is -2.42. The van der Waals surface area contributed by atoms with Crippen molar-refractivity contribution in [3.8, 4) is 22.8 Å². The normalized spacial score (nSPS) is 14.6. The van der Waals surface area contributed by atoms with Gasteiger partial charge in [0.1, 0.15) is 35.2 Å². The second-order valence-electron chi connectivity index (χ2n) is 15.1. The van der Waals surface area contributed by atoms with Crippen molar-refractivity contribution >= 4 is 52.2 Å². The Balaban J connectivity index is 1.13. The molecule has 1 saturated heterocycles. The van der Waals surface area contributed by atoms with Crippen molar-refractivity contribution in [1.29, 1.82) is 0 Å². The molecule has 13 heteroatoms. The van der Waals surface area contributed by atoms with E-state index < -0.39 is 13.7 Å². The van der Waals surface area contributed by atoms with E-state index in [0.29, 0.717) is 42.8 Å². The van der Waals surface area contributed by atoms with Crippen molar-refractivity contribution in [2.45, 2.75) is 85.1 Å². The van der Waals surface area contributed by atoms with E-state index >= 15 is 0 Å². The number of piperidine rings is 1. The Bertz CT molecular complexity index is 1950. The van der Waals surface area contributed by atoms with E-state index in [1.807, 2.05) is 75.1 Å². The molecule has 0 N–H and O–H groups in total. The monoisotopic (exact) mass is 747 g/mol. The summed E-state index contributed by atoms with van der Waals surface area (Å²) in [6.07, 6.45) is 7.19. The van der Waals surface area contributed by atoms with Crippen molar-refractivity contribution in [2.75, 3.05) is 19.7 Å². The van der Waals surface area contributed by atoms with E-state index in [4.69, 9.17) is 24.2 Å². The molecule has 0 spiro atoms. The van der Waals surface area contributed by atoms with Gasteiger partial charge in [0.2, 0.25) is 0 Å². The van der Waals surface area contributed by atoms with Crippen LogP contribution >= 0.6 is 15.9 Å². The zero-order valence-electron chi connectivity index (χ0n) is 29.5. The Labute approximate surface area is 297 Å². The highest BCUT2D eigenvalue weighted by Gasteiger charge is 2.27. The lowest BCUT2D eigenvalue weighted by Gasteiger charge is -2.33. The summed E-state index contributed by atoms with van der Waals surface area (Å²) < 4.78 is 22.8. The summed E-state index contributed by atoms with van der Waals surface area (Å²) in [5.41, 5.74) is 4.45. The number of halogens is 1. The Kier molecular flexibility index (Phi) is 10.1. The minimum Gasteiger partial charge on any atom is -0.456 e. The third-order valence-corrected chi connectivity index (χ3v) is 11.1. The minimum absolute atomic E-state index is 0.237. The average Bonchev–Trinajstić information content (AvgIpc) is 3.63. The van der Waals surface area contributed by atoms with Crippen LogP contribution in [0.15, 0.2) is 53.4 Å². The van der Waals surface area contributed by atoms with E-state index in [1.165, 1.54) is 0 Å². The van der Waals surface area contributed by atoms with Gasteiger partial charge in [-0.15, -0.1) is 0 Å². The molecular weight excluding hydrogens is 702 g/mol. The van der Waals surface area contributed by atoms with Gasteiger partial charge < -0.3 is 23.7 Å². The number of fused-ring (bicyclic) bond motifs is 2. The Morgan fingerprint density at radius 3 is 2.53 bits per heavy atom. The van der Waals surface area contributed by atoms with Gasteiger partial charge >= 0.3 is 6.09 Å². The van der Waals surface area contributed by atoms with Crippen LogP contribution in [0.1, 0.15) is 39.4 Å². The van der Waals surface area contributed by atoms with E-state index in [9.17, 15) is 4.79 Å². The van der Waals surface area contributed by atoms with Crippen LogP contribution in [-0.4, -0.2) is 73.7 Å². The van der Waals surface area contributed by atoms with Crippen LogP contribution in [0, 0.1) is 12.8 Å². The molecule has 1 aliphatic heterocycles. The van der Waals surface area contributed by atoms with Crippen LogP contribution in [-0.2, 0) is 22.7 Å². The molecule has 260 valence electrons. The lowest BCUT2D eigenvalue weighted by atomic mass is 9.97. The first-order chi connectivity index (χ1) is 23.2. The highest BCUT2D eigenvalue weighted by molar-refractivity contribution is 9.10. The first-order valence-electron chi connectivity index (χ1n) is 16.9. The lowest BCUT2D eigenvalue weighted by molar-refractivity contribution is 0.0177. The first-order valence-corrected chi connectivity index (χ1v) is 21.4. The van der Waals surface area contributed by atoms with Crippen LogP contribution in [0.2, 0.25) is 25.7 Å². The third-order valence-electron chi connectivity index (χ3n) is 8.61. The van der Waals surface area contributed by atoms with E-state index in [-0.39, 0.29) is 6.09 Å². The zero-order valence-corrected chi connectivity index (χ0v) is 32.1. The van der Waals surface area contributed by atoms with Gasteiger partial charge in [-0.05, 0) is 92.7 Å². The largest absolute Gasteiger partial charge is 0.456 e. The molecule has 4 heterocycles. The summed E-state index contributed by atoms with van der Waals surface area (Å²) in [6, 6.07) is 10.8. The number of rotatable bonds is 10. The number of hydrogen-bond donors (Lipinski definition) is 0. The van der Waals surface area contributed by atoms with Gasteiger partial charge in [-0.1, -0.05) is 19.6 Å². The maximum absolute atomic E-state index is 12.4. The molecule has 49 heavy (non-hydrogen) atoms. The van der Waals surface area contributed by atoms with Gasteiger partial charge in [-0.2, -0.15) is 5.10 Å². The highest BCUT2D eigenvalue weighted by Crippen LogP contribution is 2.36. The van der Waals surface area contributed by atoms with E-state index in [1.54, 1.807) is 11.1 Å². The number of ether oxygens (including phenoxy) is 3. The van der Waals surface area contributed by atoms with Gasteiger partial charge in [0.25, 0.3) is 0 Å². The maximum Gasteiger partial charge on any atom is 0.410 e.